The van der Waals surface area contributed by atoms with Crippen LogP contribution >= 0.6 is 0 Å². The highest BCUT2D eigenvalue weighted by Gasteiger charge is 2.43. The van der Waals surface area contributed by atoms with Crippen LogP contribution in [0.3, 0.4) is 0 Å². The van der Waals surface area contributed by atoms with Crippen molar-refractivity contribution in [1.82, 2.24) is 0 Å². The summed E-state index contributed by atoms with van der Waals surface area (Å²) in [7, 11) is -3.75. The van der Waals surface area contributed by atoms with Gasteiger partial charge in [-0.1, -0.05) is 0 Å². The lowest BCUT2D eigenvalue weighted by molar-refractivity contribution is -0.385. The number of nitro benzene ring substituents is 1. The van der Waals surface area contributed by atoms with Crippen molar-refractivity contribution < 1.29 is 32.8 Å². The van der Waals surface area contributed by atoms with Crippen LogP contribution in [0.2, 0.25) is 0 Å². The summed E-state index contributed by atoms with van der Waals surface area (Å²) in [5.74, 6) is -4.65. The van der Waals surface area contributed by atoms with E-state index in [1.165, 1.54) is 0 Å². The van der Waals surface area contributed by atoms with Gasteiger partial charge in [0.25, 0.3) is 5.69 Å². The molecule has 2 atom stereocenters. The third-order valence-electron chi connectivity index (χ3n) is 3.72. The van der Waals surface area contributed by atoms with E-state index >= 15 is 0 Å². The lowest BCUT2D eigenvalue weighted by atomic mass is 9.80. The van der Waals surface area contributed by atoms with Crippen LogP contribution in [0.15, 0.2) is 23.1 Å². The van der Waals surface area contributed by atoms with Crippen molar-refractivity contribution in [2.24, 2.45) is 5.92 Å². The summed E-state index contributed by atoms with van der Waals surface area (Å²) in [6.07, 6.45) is -0.932. The first-order valence-electron chi connectivity index (χ1n) is 6.81. The summed E-state index contributed by atoms with van der Waals surface area (Å²) in [5.41, 5.74) is -1.36. The van der Waals surface area contributed by atoms with Gasteiger partial charge in [-0.25, -0.2) is 8.42 Å². The number of benzene rings is 1. The summed E-state index contributed by atoms with van der Waals surface area (Å²) >= 11 is 0. The molecule has 1 aromatic carbocycles. The third-order valence-corrected chi connectivity index (χ3v) is 4.83. The van der Waals surface area contributed by atoms with Gasteiger partial charge in [-0.3, -0.25) is 24.5 Å². The van der Waals surface area contributed by atoms with Crippen molar-refractivity contribution in [2.75, 3.05) is 6.26 Å². The number of hydrogen-bond acceptors (Lipinski definition) is 8. The van der Waals surface area contributed by atoms with Gasteiger partial charge < -0.3 is 5.11 Å². The number of nitro groups is 1. The number of nitrogens with zero attached hydrogens (tertiary/aromatic N) is 1. The molecule has 2 rings (SSSR count). The average Bonchev–Trinajstić information content (AvgIpc) is 2.49. The fourth-order valence-corrected chi connectivity index (χ4v) is 3.09. The molecule has 1 N–H and O–H groups in total. The first-order valence-corrected chi connectivity index (χ1v) is 8.70. The molecule has 1 aliphatic carbocycles. The van der Waals surface area contributed by atoms with Crippen LogP contribution in [0.5, 0.6) is 0 Å². The van der Waals surface area contributed by atoms with Crippen molar-refractivity contribution >= 4 is 32.9 Å². The van der Waals surface area contributed by atoms with E-state index in [-0.39, 0.29) is 17.7 Å². The number of rotatable bonds is 4. The van der Waals surface area contributed by atoms with Crippen LogP contribution in [-0.4, -0.2) is 48.2 Å². The Labute approximate surface area is 136 Å². The molecule has 0 heterocycles. The normalized spacial score (nSPS) is 21.6. The number of carbonyl (C=O) groups excluding carboxylic acids is 3. The number of sulfone groups is 1. The number of aliphatic hydroxyl groups excluding tert-OH is 1. The minimum atomic E-state index is -3.75. The minimum Gasteiger partial charge on any atom is -0.385 e. The molecule has 0 saturated heterocycles. The predicted octanol–water partition coefficient (Wildman–Crippen LogP) is 0.0901. The van der Waals surface area contributed by atoms with Crippen LogP contribution < -0.4 is 0 Å². The van der Waals surface area contributed by atoms with E-state index in [1.54, 1.807) is 0 Å². The number of carbonyl (C=O) groups is 3. The second-order valence-electron chi connectivity index (χ2n) is 5.43. The van der Waals surface area contributed by atoms with E-state index in [9.17, 15) is 38.0 Å². The molecule has 1 fully saturated rings. The number of hydrogen-bond donors (Lipinski definition) is 1. The SMILES string of the molecule is CS(=O)(=O)c1ccc(C(=O)C2C(=O)CCC(O)C2=O)c([N+](=O)[O-])c1. The lowest BCUT2D eigenvalue weighted by Crippen LogP contribution is -2.43. The Hall–Kier alpha value is -2.46. The zero-order valence-electron chi connectivity index (χ0n) is 12.5. The highest BCUT2D eigenvalue weighted by molar-refractivity contribution is 7.90. The Balaban J connectivity index is 2.55. The van der Waals surface area contributed by atoms with Crippen LogP contribution in [0.25, 0.3) is 0 Å². The van der Waals surface area contributed by atoms with Gasteiger partial charge >= 0.3 is 0 Å². The maximum atomic E-state index is 12.4. The van der Waals surface area contributed by atoms with Gasteiger partial charge in [0.1, 0.15) is 12.0 Å². The first-order chi connectivity index (χ1) is 11.0. The molecule has 1 aliphatic rings. The molecule has 1 saturated carbocycles. The third kappa shape index (κ3) is 3.24. The second-order valence-corrected chi connectivity index (χ2v) is 7.44. The molecule has 2 unspecified atom stereocenters. The van der Waals surface area contributed by atoms with E-state index in [0.29, 0.717) is 6.07 Å². The lowest BCUT2D eigenvalue weighted by Gasteiger charge is -2.22. The van der Waals surface area contributed by atoms with Gasteiger partial charge in [-0.15, -0.1) is 0 Å². The molecule has 0 spiro atoms. The Morgan fingerprint density at radius 2 is 1.96 bits per heavy atom. The van der Waals surface area contributed by atoms with Gasteiger partial charge in [0.2, 0.25) is 0 Å². The van der Waals surface area contributed by atoms with Crippen molar-refractivity contribution in [3.05, 3.63) is 33.9 Å². The number of ketones is 3. The Morgan fingerprint density at radius 1 is 1.33 bits per heavy atom. The second kappa shape index (κ2) is 6.21. The summed E-state index contributed by atoms with van der Waals surface area (Å²) in [4.78, 5) is 46.0. The summed E-state index contributed by atoms with van der Waals surface area (Å²) in [6.45, 7) is 0. The Morgan fingerprint density at radius 3 is 2.50 bits per heavy atom. The largest absolute Gasteiger partial charge is 0.385 e. The zero-order chi connectivity index (χ0) is 18.2. The van der Waals surface area contributed by atoms with E-state index < -0.39 is 55.4 Å². The fourth-order valence-electron chi connectivity index (χ4n) is 2.45. The van der Waals surface area contributed by atoms with Crippen LogP contribution in [0, 0.1) is 16.0 Å². The van der Waals surface area contributed by atoms with Gasteiger partial charge in [-0.2, -0.15) is 0 Å². The fraction of sp³-hybridized carbons (Fsp3) is 0.357. The van der Waals surface area contributed by atoms with Crippen LogP contribution in [0.4, 0.5) is 5.69 Å². The van der Waals surface area contributed by atoms with Gasteiger partial charge in [-0.05, 0) is 18.6 Å². The summed E-state index contributed by atoms with van der Waals surface area (Å²) in [5, 5.41) is 20.7. The van der Waals surface area contributed by atoms with Gasteiger partial charge in [0.05, 0.1) is 15.4 Å². The van der Waals surface area contributed by atoms with Crippen LogP contribution in [0.1, 0.15) is 23.2 Å². The van der Waals surface area contributed by atoms with Crippen molar-refractivity contribution in [2.45, 2.75) is 23.8 Å². The van der Waals surface area contributed by atoms with E-state index in [0.717, 1.165) is 18.4 Å². The average molecular weight is 355 g/mol. The summed E-state index contributed by atoms with van der Waals surface area (Å²) < 4.78 is 23.0. The molecule has 0 aliphatic heterocycles. The zero-order valence-corrected chi connectivity index (χ0v) is 13.3. The first kappa shape index (κ1) is 17.9. The van der Waals surface area contributed by atoms with Crippen molar-refractivity contribution in [3.63, 3.8) is 0 Å². The van der Waals surface area contributed by atoms with E-state index in [4.69, 9.17) is 0 Å². The quantitative estimate of drug-likeness (QED) is 0.346. The van der Waals surface area contributed by atoms with E-state index in [2.05, 4.69) is 0 Å². The van der Waals surface area contributed by atoms with Crippen molar-refractivity contribution in [1.29, 1.82) is 0 Å². The van der Waals surface area contributed by atoms with Crippen LogP contribution in [-0.2, 0) is 19.4 Å². The molecule has 24 heavy (non-hydrogen) atoms. The molecule has 0 amide bonds. The van der Waals surface area contributed by atoms with Gasteiger partial charge in [0, 0.05) is 18.7 Å². The smallest absolute Gasteiger partial charge is 0.281 e. The molecule has 0 bridgehead atoms. The molecule has 9 nitrogen and oxygen atoms in total. The summed E-state index contributed by atoms with van der Waals surface area (Å²) in [6, 6.07) is 2.60. The predicted molar refractivity (Wildman–Crippen MR) is 79.3 cm³/mol. The molecule has 128 valence electrons. The molecular formula is C14H13NO8S. The monoisotopic (exact) mass is 355 g/mol. The maximum Gasteiger partial charge on any atom is 0.281 e. The molecule has 1 aromatic rings. The van der Waals surface area contributed by atoms with Crippen molar-refractivity contribution in [3.8, 4) is 0 Å². The molecular weight excluding hydrogens is 342 g/mol. The standard InChI is InChI=1S/C14H13NO8S/c1-24(22,23)7-2-3-8(9(6-7)15(20)21)13(18)12-10(16)4-5-11(17)14(12)19/h2-3,6,11-12,17H,4-5H2,1H3. The highest BCUT2D eigenvalue weighted by atomic mass is 32.2. The number of Topliss-reactive ketones (excluding diaryl/α,β-unsaturated/α-hetero) is 3. The Kier molecular flexibility index (Phi) is 4.63. The number of aliphatic hydroxyl groups is 1. The molecule has 10 heteroatoms. The topological polar surface area (TPSA) is 149 Å². The molecule has 0 radical (unpaired) electrons. The molecule has 0 aromatic heterocycles. The van der Waals surface area contributed by atoms with Gasteiger partial charge in [0.15, 0.2) is 27.2 Å². The minimum absolute atomic E-state index is 0.101. The van der Waals surface area contributed by atoms with E-state index in [1.807, 2.05) is 0 Å². The Bertz CT molecular complexity index is 858. The maximum absolute atomic E-state index is 12.4. The highest BCUT2D eigenvalue weighted by Crippen LogP contribution is 2.28.